The van der Waals surface area contributed by atoms with Gasteiger partial charge in [0.25, 0.3) is 0 Å². The number of benzene rings is 3. The molecular weight excluding hydrogens is 508 g/mol. The second-order valence-electron chi connectivity index (χ2n) is 9.96. The van der Waals surface area contributed by atoms with E-state index in [4.69, 9.17) is 25.8 Å². The summed E-state index contributed by atoms with van der Waals surface area (Å²) in [5.41, 5.74) is 2.50. The van der Waals surface area contributed by atoms with E-state index in [1.54, 1.807) is 30.3 Å². The average molecular weight is 551 g/mol. The Hall–Kier alpha value is -2.98. The maximum absolute atomic E-state index is 12.7. The Morgan fingerprint density at radius 1 is 0.615 bits per heavy atom. The number of rotatable bonds is 18. The molecule has 0 heterocycles. The Bertz CT molecular complexity index is 1110. The van der Waals surface area contributed by atoms with E-state index in [0.717, 1.165) is 42.7 Å². The van der Waals surface area contributed by atoms with Gasteiger partial charge in [-0.15, -0.1) is 0 Å². The second-order valence-corrected chi connectivity index (χ2v) is 10.4. The van der Waals surface area contributed by atoms with Crippen LogP contribution in [-0.2, 0) is 0 Å². The van der Waals surface area contributed by atoms with Crippen molar-refractivity contribution in [3.63, 3.8) is 0 Å². The maximum Gasteiger partial charge on any atom is 0.343 e. The molecule has 0 atom stereocenters. The van der Waals surface area contributed by atoms with Crippen LogP contribution in [0, 0.1) is 0 Å². The lowest BCUT2D eigenvalue weighted by atomic mass is 10.1. The van der Waals surface area contributed by atoms with Gasteiger partial charge in [0.1, 0.15) is 17.2 Å². The molecule has 0 N–H and O–H groups in total. The third kappa shape index (κ3) is 11.0. The minimum absolute atomic E-state index is 0.385. The molecule has 4 nitrogen and oxygen atoms in total. The van der Waals surface area contributed by atoms with Crippen molar-refractivity contribution >= 4 is 17.6 Å². The summed E-state index contributed by atoms with van der Waals surface area (Å²) in [5, 5.41) is 0.410. The zero-order chi connectivity index (χ0) is 27.7. The van der Waals surface area contributed by atoms with Crippen LogP contribution in [0.3, 0.4) is 0 Å². The molecule has 0 aliphatic carbocycles. The number of carbonyl (C=O) groups excluding carboxylic acids is 1. The first-order chi connectivity index (χ1) is 19.1. The first-order valence-electron chi connectivity index (χ1n) is 14.6. The number of hydrogen-bond acceptors (Lipinski definition) is 4. The van der Waals surface area contributed by atoms with E-state index in [9.17, 15) is 4.79 Å². The lowest BCUT2D eigenvalue weighted by Crippen LogP contribution is -2.08. The molecule has 3 aromatic carbocycles. The average Bonchev–Trinajstić information content (AvgIpc) is 2.96. The molecule has 0 bridgehead atoms. The quantitative estimate of drug-likeness (QED) is 0.0897. The minimum atomic E-state index is -0.456. The van der Waals surface area contributed by atoms with Gasteiger partial charge in [-0.05, 0) is 66.4 Å². The first kappa shape index (κ1) is 30.6. The van der Waals surface area contributed by atoms with Gasteiger partial charge in [0.15, 0.2) is 0 Å². The predicted molar refractivity (Wildman–Crippen MR) is 161 cm³/mol. The fourth-order valence-corrected chi connectivity index (χ4v) is 4.57. The van der Waals surface area contributed by atoms with E-state index in [1.807, 2.05) is 24.3 Å². The summed E-state index contributed by atoms with van der Waals surface area (Å²) in [6, 6.07) is 20.6. The highest BCUT2D eigenvalue weighted by molar-refractivity contribution is 6.32. The third-order valence-corrected chi connectivity index (χ3v) is 6.99. The Kier molecular flexibility index (Phi) is 13.8. The number of hydrogen-bond donors (Lipinski definition) is 0. The van der Waals surface area contributed by atoms with Crippen molar-refractivity contribution in [1.29, 1.82) is 0 Å². The van der Waals surface area contributed by atoms with Crippen molar-refractivity contribution in [3.05, 3.63) is 77.3 Å². The molecule has 0 spiro atoms. The molecule has 0 radical (unpaired) electrons. The molecule has 0 aliphatic heterocycles. The van der Waals surface area contributed by atoms with Crippen LogP contribution in [0.5, 0.6) is 17.2 Å². The Labute approximate surface area is 239 Å². The van der Waals surface area contributed by atoms with Gasteiger partial charge >= 0.3 is 5.97 Å². The summed E-state index contributed by atoms with van der Waals surface area (Å²) in [4.78, 5) is 12.7. The lowest BCUT2D eigenvalue weighted by Gasteiger charge is -2.10. The van der Waals surface area contributed by atoms with Crippen molar-refractivity contribution in [3.8, 4) is 28.4 Å². The minimum Gasteiger partial charge on any atom is -0.494 e. The number of carbonyl (C=O) groups is 1. The molecule has 0 aromatic heterocycles. The van der Waals surface area contributed by atoms with Crippen LogP contribution in [0.2, 0.25) is 5.02 Å². The summed E-state index contributed by atoms with van der Waals surface area (Å²) < 4.78 is 17.2. The molecule has 3 rings (SSSR count). The summed E-state index contributed by atoms with van der Waals surface area (Å²) in [6.45, 7) is 5.81. The summed E-state index contributed by atoms with van der Waals surface area (Å²) in [7, 11) is 0. The molecular formula is C34H43ClO4. The molecule has 0 fully saturated rings. The Balaban J connectivity index is 1.44. The topological polar surface area (TPSA) is 44.8 Å². The molecule has 5 heteroatoms. The highest BCUT2D eigenvalue weighted by Gasteiger charge is 2.12. The Morgan fingerprint density at radius 2 is 1.13 bits per heavy atom. The molecule has 0 aliphatic rings. The van der Waals surface area contributed by atoms with Crippen molar-refractivity contribution in [1.82, 2.24) is 0 Å². The molecule has 0 unspecified atom stereocenters. The van der Waals surface area contributed by atoms with Gasteiger partial charge in [-0.2, -0.15) is 0 Å². The van der Waals surface area contributed by atoms with E-state index >= 15 is 0 Å². The molecule has 0 amide bonds. The largest absolute Gasteiger partial charge is 0.494 e. The SMILES string of the molecule is CCCCCCCCOc1ccc(-c2ccc(OC(=O)c3ccc(OCCCCCCC)c(Cl)c3)cc2)cc1. The predicted octanol–water partition coefficient (Wildman–Crippen LogP) is 10.3. The summed E-state index contributed by atoms with van der Waals surface area (Å²) >= 11 is 6.36. The standard InChI is InChI=1S/C34H43ClO4/c1-3-5-7-9-11-12-24-37-30-19-14-27(15-20-30)28-16-21-31(22-17-28)39-34(36)29-18-23-33(32(35)26-29)38-25-13-10-8-6-4-2/h14-23,26H,3-13,24-25H2,1-2H3. The number of unbranched alkanes of at least 4 members (excludes halogenated alkanes) is 9. The van der Waals surface area contributed by atoms with Crippen LogP contribution in [0.15, 0.2) is 66.7 Å². The van der Waals surface area contributed by atoms with Crippen LogP contribution in [0.4, 0.5) is 0 Å². The van der Waals surface area contributed by atoms with Gasteiger partial charge in [-0.25, -0.2) is 4.79 Å². The highest BCUT2D eigenvalue weighted by atomic mass is 35.5. The normalized spacial score (nSPS) is 10.8. The van der Waals surface area contributed by atoms with Crippen LogP contribution >= 0.6 is 11.6 Å². The van der Waals surface area contributed by atoms with Crippen LogP contribution in [0.25, 0.3) is 11.1 Å². The first-order valence-corrected chi connectivity index (χ1v) is 15.0. The van der Waals surface area contributed by atoms with E-state index in [0.29, 0.717) is 28.7 Å². The number of esters is 1. The van der Waals surface area contributed by atoms with Crippen LogP contribution in [0.1, 0.15) is 94.8 Å². The smallest absolute Gasteiger partial charge is 0.343 e. The molecule has 0 saturated carbocycles. The fraction of sp³-hybridized carbons (Fsp3) is 0.441. The van der Waals surface area contributed by atoms with Gasteiger partial charge in [0.05, 0.1) is 23.8 Å². The van der Waals surface area contributed by atoms with Gasteiger partial charge < -0.3 is 14.2 Å². The van der Waals surface area contributed by atoms with Gasteiger partial charge in [0.2, 0.25) is 0 Å². The maximum atomic E-state index is 12.7. The fourth-order valence-electron chi connectivity index (χ4n) is 4.33. The van der Waals surface area contributed by atoms with Crippen molar-refractivity contribution in [2.45, 2.75) is 84.5 Å². The summed E-state index contributed by atoms with van der Waals surface area (Å²) in [5.74, 6) is 1.50. The summed E-state index contributed by atoms with van der Waals surface area (Å²) in [6.07, 6.45) is 13.4. The third-order valence-electron chi connectivity index (χ3n) is 6.69. The monoisotopic (exact) mass is 550 g/mol. The molecule has 210 valence electrons. The van der Waals surface area contributed by atoms with Crippen molar-refractivity contribution in [2.75, 3.05) is 13.2 Å². The Morgan fingerprint density at radius 3 is 1.69 bits per heavy atom. The van der Waals surface area contributed by atoms with Gasteiger partial charge in [-0.1, -0.05) is 108 Å². The molecule has 39 heavy (non-hydrogen) atoms. The second kappa shape index (κ2) is 17.6. The zero-order valence-electron chi connectivity index (χ0n) is 23.6. The zero-order valence-corrected chi connectivity index (χ0v) is 24.3. The van der Waals surface area contributed by atoms with Crippen LogP contribution in [-0.4, -0.2) is 19.2 Å². The highest BCUT2D eigenvalue weighted by Crippen LogP contribution is 2.28. The number of ether oxygens (including phenoxy) is 3. The van der Waals surface area contributed by atoms with E-state index in [-0.39, 0.29) is 0 Å². The molecule has 0 saturated heterocycles. The van der Waals surface area contributed by atoms with E-state index < -0.39 is 5.97 Å². The van der Waals surface area contributed by atoms with Gasteiger partial charge in [-0.3, -0.25) is 0 Å². The van der Waals surface area contributed by atoms with E-state index in [2.05, 4.69) is 26.0 Å². The lowest BCUT2D eigenvalue weighted by molar-refractivity contribution is 0.0734. The van der Waals surface area contributed by atoms with Crippen molar-refractivity contribution in [2.24, 2.45) is 0 Å². The van der Waals surface area contributed by atoms with Crippen LogP contribution < -0.4 is 14.2 Å². The molecule has 3 aromatic rings. The van der Waals surface area contributed by atoms with Gasteiger partial charge in [0, 0.05) is 0 Å². The number of halogens is 1. The van der Waals surface area contributed by atoms with Crippen molar-refractivity contribution < 1.29 is 19.0 Å². The van der Waals surface area contributed by atoms with E-state index in [1.165, 1.54) is 51.4 Å².